The molecule has 0 aliphatic heterocycles. The van der Waals surface area contributed by atoms with Gasteiger partial charge in [0.05, 0.1) is 0 Å². The van der Waals surface area contributed by atoms with E-state index in [0.717, 1.165) is 18.4 Å². The highest BCUT2D eigenvalue weighted by Crippen LogP contribution is 2.07. The average molecular weight is 246 g/mol. The van der Waals surface area contributed by atoms with Gasteiger partial charge < -0.3 is 4.74 Å². The van der Waals surface area contributed by atoms with Crippen molar-refractivity contribution in [3.05, 3.63) is 47.5 Å². The molecule has 98 valence electrons. The molecule has 0 heterocycles. The Hall–Kier alpha value is -1.57. The Morgan fingerprint density at radius 3 is 2.61 bits per heavy atom. The molecule has 0 saturated carbocycles. The fraction of sp³-hybridized carbons (Fsp3) is 0.438. The van der Waals surface area contributed by atoms with Gasteiger partial charge >= 0.3 is 5.97 Å². The molecule has 1 rings (SSSR count). The lowest BCUT2D eigenvalue weighted by Crippen LogP contribution is -2.05. The van der Waals surface area contributed by atoms with Crippen LogP contribution in [0.4, 0.5) is 0 Å². The van der Waals surface area contributed by atoms with Crippen molar-refractivity contribution >= 4 is 5.97 Å². The Bertz CT molecular complexity index is 379. The summed E-state index contributed by atoms with van der Waals surface area (Å²) in [5.41, 5.74) is 1.73. The largest absolute Gasteiger partial charge is 0.457 e. The molecular weight excluding hydrogens is 224 g/mol. The summed E-state index contributed by atoms with van der Waals surface area (Å²) >= 11 is 0. The van der Waals surface area contributed by atoms with Crippen LogP contribution < -0.4 is 0 Å². The third kappa shape index (κ3) is 5.67. The molecule has 2 heteroatoms. The maximum absolute atomic E-state index is 11.7. The topological polar surface area (TPSA) is 26.3 Å². The second kappa shape index (κ2) is 8.51. The predicted octanol–water partition coefficient (Wildman–Crippen LogP) is 4.26. The first-order chi connectivity index (χ1) is 8.74. The highest BCUT2D eigenvalue weighted by molar-refractivity contribution is 5.87. The van der Waals surface area contributed by atoms with Crippen LogP contribution in [0, 0.1) is 0 Å². The molecule has 0 N–H and O–H groups in total. The number of benzene rings is 1. The second-order valence-electron chi connectivity index (χ2n) is 4.44. The summed E-state index contributed by atoms with van der Waals surface area (Å²) in [6, 6.07) is 9.73. The van der Waals surface area contributed by atoms with Crippen molar-refractivity contribution in [1.82, 2.24) is 0 Å². The van der Waals surface area contributed by atoms with Gasteiger partial charge in [-0.05, 0) is 25.3 Å². The summed E-state index contributed by atoms with van der Waals surface area (Å²) < 4.78 is 5.24. The molecule has 1 aromatic carbocycles. The lowest BCUT2D eigenvalue weighted by Gasteiger charge is -2.05. The number of unbranched alkanes of at least 4 members (excludes halogenated alkanes) is 3. The van der Waals surface area contributed by atoms with E-state index in [0.29, 0.717) is 12.2 Å². The van der Waals surface area contributed by atoms with Gasteiger partial charge in [0.1, 0.15) is 6.61 Å². The molecule has 1 aromatic rings. The van der Waals surface area contributed by atoms with Crippen LogP contribution in [-0.2, 0) is 16.1 Å². The molecule has 0 fully saturated rings. The SMILES string of the molecule is CCCCC/C=C(\C)C(=O)OCc1ccccc1. The van der Waals surface area contributed by atoms with E-state index >= 15 is 0 Å². The molecule has 0 aliphatic rings. The van der Waals surface area contributed by atoms with Gasteiger partial charge in [-0.2, -0.15) is 0 Å². The van der Waals surface area contributed by atoms with Gasteiger partial charge in [-0.15, -0.1) is 0 Å². The Labute approximate surface area is 110 Å². The smallest absolute Gasteiger partial charge is 0.333 e. The maximum atomic E-state index is 11.7. The van der Waals surface area contributed by atoms with E-state index in [-0.39, 0.29) is 5.97 Å². The first-order valence-corrected chi connectivity index (χ1v) is 6.62. The van der Waals surface area contributed by atoms with Crippen molar-refractivity contribution in [2.45, 2.75) is 46.1 Å². The molecule has 0 atom stereocenters. The highest BCUT2D eigenvalue weighted by Gasteiger charge is 2.05. The van der Waals surface area contributed by atoms with Gasteiger partial charge in [0, 0.05) is 5.57 Å². The lowest BCUT2D eigenvalue weighted by atomic mass is 10.1. The van der Waals surface area contributed by atoms with Crippen molar-refractivity contribution in [2.24, 2.45) is 0 Å². The quantitative estimate of drug-likeness (QED) is 0.408. The first kappa shape index (κ1) is 14.5. The molecule has 0 amide bonds. The fourth-order valence-electron chi connectivity index (χ4n) is 1.63. The minimum Gasteiger partial charge on any atom is -0.457 e. The summed E-state index contributed by atoms with van der Waals surface area (Å²) in [5.74, 6) is -0.213. The first-order valence-electron chi connectivity index (χ1n) is 6.62. The fourth-order valence-corrected chi connectivity index (χ4v) is 1.63. The molecule has 18 heavy (non-hydrogen) atoms. The zero-order chi connectivity index (χ0) is 13.2. The van der Waals surface area contributed by atoms with Crippen LogP contribution in [0.3, 0.4) is 0 Å². The predicted molar refractivity (Wildman–Crippen MR) is 74.1 cm³/mol. The monoisotopic (exact) mass is 246 g/mol. The number of allylic oxidation sites excluding steroid dienone is 1. The Morgan fingerprint density at radius 2 is 1.94 bits per heavy atom. The van der Waals surface area contributed by atoms with Crippen LogP contribution in [0.2, 0.25) is 0 Å². The number of hydrogen-bond donors (Lipinski definition) is 0. The average Bonchev–Trinajstić information content (AvgIpc) is 2.42. The van der Waals surface area contributed by atoms with E-state index in [2.05, 4.69) is 6.92 Å². The Kier molecular flexibility index (Phi) is 6.85. The number of rotatable bonds is 7. The van der Waals surface area contributed by atoms with Crippen LogP contribution in [-0.4, -0.2) is 5.97 Å². The van der Waals surface area contributed by atoms with Gasteiger partial charge in [-0.25, -0.2) is 4.79 Å². The van der Waals surface area contributed by atoms with Gasteiger partial charge in [0.25, 0.3) is 0 Å². The lowest BCUT2D eigenvalue weighted by molar-refractivity contribution is -0.140. The molecule has 0 saturated heterocycles. The van der Waals surface area contributed by atoms with E-state index in [1.165, 1.54) is 12.8 Å². The summed E-state index contributed by atoms with van der Waals surface area (Å²) in [4.78, 5) is 11.7. The van der Waals surface area contributed by atoms with Crippen molar-refractivity contribution in [3.8, 4) is 0 Å². The molecular formula is C16H22O2. The molecule has 0 unspecified atom stereocenters. The maximum Gasteiger partial charge on any atom is 0.333 e. The zero-order valence-electron chi connectivity index (χ0n) is 11.3. The standard InChI is InChI=1S/C16H22O2/c1-3-4-5-7-10-14(2)16(17)18-13-15-11-8-6-9-12-15/h6,8-12H,3-5,7,13H2,1-2H3/b14-10+. The molecule has 0 aliphatic carbocycles. The zero-order valence-corrected chi connectivity index (χ0v) is 11.3. The van der Waals surface area contributed by atoms with Crippen molar-refractivity contribution in [2.75, 3.05) is 0 Å². The van der Waals surface area contributed by atoms with Gasteiger partial charge in [-0.1, -0.05) is 56.2 Å². The third-order valence-corrected chi connectivity index (χ3v) is 2.79. The minimum absolute atomic E-state index is 0.213. The van der Waals surface area contributed by atoms with Crippen molar-refractivity contribution in [3.63, 3.8) is 0 Å². The summed E-state index contributed by atoms with van der Waals surface area (Å²) in [6.07, 6.45) is 6.48. The molecule has 0 radical (unpaired) electrons. The number of esters is 1. The van der Waals surface area contributed by atoms with Crippen LogP contribution in [0.5, 0.6) is 0 Å². The normalized spacial score (nSPS) is 11.3. The van der Waals surface area contributed by atoms with Crippen LogP contribution in [0.25, 0.3) is 0 Å². The highest BCUT2D eigenvalue weighted by atomic mass is 16.5. The van der Waals surface area contributed by atoms with E-state index in [1.807, 2.05) is 43.3 Å². The van der Waals surface area contributed by atoms with Crippen molar-refractivity contribution in [1.29, 1.82) is 0 Å². The van der Waals surface area contributed by atoms with Gasteiger partial charge in [0.2, 0.25) is 0 Å². The molecule has 0 spiro atoms. The van der Waals surface area contributed by atoms with E-state index < -0.39 is 0 Å². The summed E-state index contributed by atoms with van der Waals surface area (Å²) in [7, 11) is 0. The Balaban J connectivity index is 2.31. The number of carbonyl (C=O) groups excluding carboxylic acids is 1. The third-order valence-electron chi connectivity index (χ3n) is 2.79. The molecule has 0 bridgehead atoms. The number of carbonyl (C=O) groups is 1. The molecule has 2 nitrogen and oxygen atoms in total. The molecule has 0 aromatic heterocycles. The van der Waals surface area contributed by atoms with Crippen LogP contribution in [0.15, 0.2) is 42.0 Å². The second-order valence-corrected chi connectivity index (χ2v) is 4.44. The van der Waals surface area contributed by atoms with Gasteiger partial charge in [0.15, 0.2) is 0 Å². The van der Waals surface area contributed by atoms with E-state index in [9.17, 15) is 4.79 Å². The summed E-state index contributed by atoms with van der Waals surface area (Å²) in [5, 5.41) is 0. The van der Waals surface area contributed by atoms with E-state index in [1.54, 1.807) is 0 Å². The van der Waals surface area contributed by atoms with Crippen LogP contribution in [0.1, 0.15) is 45.1 Å². The summed E-state index contributed by atoms with van der Waals surface area (Å²) in [6.45, 7) is 4.34. The van der Waals surface area contributed by atoms with Crippen LogP contribution >= 0.6 is 0 Å². The minimum atomic E-state index is -0.213. The van der Waals surface area contributed by atoms with Gasteiger partial charge in [-0.3, -0.25) is 0 Å². The van der Waals surface area contributed by atoms with Crippen molar-refractivity contribution < 1.29 is 9.53 Å². The number of hydrogen-bond acceptors (Lipinski definition) is 2. The number of ether oxygens (including phenoxy) is 1. The Morgan fingerprint density at radius 1 is 1.22 bits per heavy atom. The van der Waals surface area contributed by atoms with E-state index in [4.69, 9.17) is 4.74 Å².